The van der Waals surface area contributed by atoms with Crippen molar-refractivity contribution in [3.05, 3.63) is 54.4 Å². The third-order valence-electron chi connectivity index (χ3n) is 2.40. The van der Waals surface area contributed by atoms with Crippen molar-refractivity contribution in [1.82, 2.24) is 25.1 Å². The normalized spacial score (nSPS) is 10.7. The molecule has 0 saturated heterocycles. The molecule has 0 N–H and O–H groups in total. The van der Waals surface area contributed by atoms with Crippen molar-refractivity contribution in [3.8, 4) is 0 Å². The molecule has 3 aromatic rings. The van der Waals surface area contributed by atoms with Gasteiger partial charge in [0.15, 0.2) is 5.16 Å². The molecule has 3 aromatic heterocycles. The number of thioether (sulfide) groups is 2. The quantitative estimate of drug-likeness (QED) is 0.507. The van der Waals surface area contributed by atoms with Gasteiger partial charge in [0, 0.05) is 30.5 Å². The van der Waals surface area contributed by atoms with Crippen molar-refractivity contribution < 1.29 is 4.42 Å². The van der Waals surface area contributed by atoms with E-state index in [0.717, 1.165) is 11.3 Å². The van der Waals surface area contributed by atoms with Gasteiger partial charge in [-0.1, -0.05) is 29.6 Å². The molecule has 0 atom stereocenters. The maximum Gasteiger partial charge on any atom is 0.276 e. The molecule has 106 valence electrons. The summed E-state index contributed by atoms with van der Waals surface area (Å²) in [5, 5.41) is 9.28. The van der Waals surface area contributed by atoms with Crippen LogP contribution in [0.4, 0.5) is 0 Å². The molecule has 0 saturated carbocycles. The van der Waals surface area contributed by atoms with E-state index in [0.29, 0.717) is 22.0 Å². The molecule has 0 amide bonds. The van der Waals surface area contributed by atoms with Crippen LogP contribution in [0.15, 0.2) is 57.8 Å². The minimum Gasteiger partial charge on any atom is -0.415 e. The molecule has 0 fully saturated rings. The van der Waals surface area contributed by atoms with Crippen molar-refractivity contribution in [1.29, 1.82) is 0 Å². The zero-order chi connectivity index (χ0) is 14.3. The van der Waals surface area contributed by atoms with Gasteiger partial charge in [0.05, 0.1) is 5.75 Å². The lowest BCUT2D eigenvalue weighted by molar-refractivity contribution is 0.426. The molecule has 3 heterocycles. The monoisotopic (exact) mass is 317 g/mol. The molecule has 6 nitrogen and oxygen atoms in total. The van der Waals surface area contributed by atoms with Crippen LogP contribution in [0.3, 0.4) is 0 Å². The average Bonchev–Trinajstić information content (AvgIpc) is 3.01. The fourth-order valence-corrected chi connectivity index (χ4v) is 2.82. The first-order valence-corrected chi connectivity index (χ1v) is 8.11. The maximum atomic E-state index is 5.57. The third-order valence-corrected chi connectivity index (χ3v) is 4.15. The zero-order valence-corrected chi connectivity index (χ0v) is 12.5. The van der Waals surface area contributed by atoms with Crippen LogP contribution in [0.25, 0.3) is 0 Å². The van der Waals surface area contributed by atoms with Crippen molar-refractivity contribution in [2.24, 2.45) is 0 Å². The van der Waals surface area contributed by atoms with Gasteiger partial charge in [0.2, 0.25) is 5.89 Å². The van der Waals surface area contributed by atoms with E-state index < -0.39 is 0 Å². The lowest BCUT2D eigenvalue weighted by Gasteiger charge is -1.96. The van der Waals surface area contributed by atoms with Crippen LogP contribution in [0.1, 0.15) is 11.5 Å². The summed E-state index contributed by atoms with van der Waals surface area (Å²) in [6, 6.07) is 5.70. The summed E-state index contributed by atoms with van der Waals surface area (Å²) in [6.45, 7) is 0. The fourth-order valence-electron chi connectivity index (χ4n) is 1.47. The van der Waals surface area contributed by atoms with Crippen LogP contribution in [0.2, 0.25) is 0 Å². The molecular formula is C13H11N5OS2. The molecule has 0 spiro atoms. The van der Waals surface area contributed by atoms with Gasteiger partial charge < -0.3 is 4.42 Å². The molecule has 0 unspecified atom stereocenters. The molecule has 21 heavy (non-hydrogen) atoms. The highest BCUT2D eigenvalue weighted by atomic mass is 32.2. The molecule has 0 radical (unpaired) electrons. The van der Waals surface area contributed by atoms with Crippen molar-refractivity contribution in [2.45, 2.75) is 21.9 Å². The molecule has 3 rings (SSSR count). The summed E-state index contributed by atoms with van der Waals surface area (Å²) >= 11 is 2.96. The summed E-state index contributed by atoms with van der Waals surface area (Å²) in [5.41, 5.74) is 1.12. The Kier molecular flexibility index (Phi) is 4.80. The largest absolute Gasteiger partial charge is 0.415 e. The van der Waals surface area contributed by atoms with Crippen molar-refractivity contribution in [2.75, 3.05) is 0 Å². The standard InChI is InChI=1S/C13H11N5OS2/c1-3-10(7-14-4-1)8-21-13-18-17-11(19-13)9-20-12-15-5-2-6-16-12/h1-7H,8-9H2. The van der Waals surface area contributed by atoms with E-state index in [4.69, 9.17) is 4.42 Å². The van der Waals surface area contributed by atoms with Gasteiger partial charge in [-0.2, -0.15) is 0 Å². The third kappa shape index (κ3) is 4.27. The summed E-state index contributed by atoms with van der Waals surface area (Å²) in [4.78, 5) is 12.3. The minimum atomic E-state index is 0.559. The van der Waals surface area contributed by atoms with E-state index >= 15 is 0 Å². The first-order chi connectivity index (χ1) is 10.4. The highest BCUT2D eigenvalue weighted by Crippen LogP contribution is 2.23. The molecule has 0 aliphatic rings. The predicted molar refractivity (Wildman–Crippen MR) is 79.7 cm³/mol. The van der Waals surface area contributed by atoms with Crippen LogP contribution < -0.4 is 0 Å². The number of aromatic nitrogens is 5. The zero-order valence-electron chi connectivity index (χ0n) is 10.9. The van der Waals surface area contributed by atoms with Gasteiger partial charge in [-0.25, -0.2) is 9.97 Å². The van der Waals surface area contributed by atoms with Gasteiger partial charge in [0.25, 0.3) is 5.22 Å². The topological polar surface area (TPSA) is 77.6 Å². The number of rotatable bonds is 6. The number of pyridine rings is 1. The van der Waals surface area contributed by atoms with Crippen LogP contribution in [-0.2, 0) is 11.5 Å². The van der Waals surface area contributed by atoms with E-state index in [2.05, 4.69) is 25.1 Å². The summed E-state index contributed by atoms with van der Waals surface area (Å²) < 4.78 is 5.57. The Labute approximate surface area is 129 Å². The lowest BCUT2D eigenvalue weighted by atomic mass is 10.3. The van der Waals surface area contributed by atoms with E-state index in [1.165, 1.54) is 23.5 Å². The van der Waals surface area contributed by atoms with Crippen molar-refractivity contribution >= 4 is 23.5 Å². The smallest absolute Gasteiger partial charge is 0.276 e. The Morgan fingerprint density at radius 3 is 2.67 bits per heavy atom. The lowest BCUT2D eigenvalue weighted by Crippen LogP contribution is -1.85. The second kappa shape index (κ2) is 7.19. The Balaban J connectivity index is 1.52. The van der Waals surface area contributed by atoms with Gasteiger partial charge in [0.1, 0.15) is 0 Å². The summed E-state index contributed by atoms with van der Waals surface area (Å²) in [7, 11) is 0. The number of hydrogen-bond acceptors (Lipinski definition) is 8. The number of hydrogen-bond donors (Lipinski definition) is 0. The first kappa shape index (κ1) is 14.0. The molecule has 0 bridgehead atoms. The molecule has 8 heteroatoms. The van der Waals surface area contributed by atoms with Crippen LogP contribution in [0.5, 0.6) is 0 Å². The van der Waals surface area contributed by atoms with Crippen molar-refractivity contribution in [3.63, 3.8) is 0 Å². The van der Waals surface area contributed by atoms with Gasteiger partial charge in [-0.3, -0.25) is 4.98 Å². The number of nitrogens with zero attached hydrogens (tertiary/aromatic N) is 5. The van der Waals surface area contributed by atoms with E-state index in [9.17, 15) is 0 Å². The molecule has 0 aromatic carbocycles. The van der Waals surface area contributed by atoms with Gasteiger partial charge in [-0.05, 0) is 17.7 Å². The van der Waals surface area contributed by atoms with E-state index in [1.54, 1.807) is 24.7 Å². The highest BCUT2D eigenvalue weighted by molar-refractivity contribution is 7.98. The van der Waals surface area contributed by atoms with Crippen LogP contribution >= 0.6 is 23.5 Å². The van der Waals surface area contributed by atoms with E-state index in [1.807, 2.05) is 18.3 Å². The average molecular weight is 317 g/mol. The molecule has 0 aliphatic heterocycles. The van der Waals surface area contributed by atoms with Crippen LogP contribution in [-0.4, -0.2) is 25.1 Å². The van der Waals surface area contributed by atoms with Gasteiger partial charge in [-0.15, -0.1) is 10.2 Å². The summed E-state index contributed by atoms with van der Waals surface area (Å²) in [6.07, 6.45) is 6.99. The Hall–Kier alpha value is -1.93. The Morgan fingerprint density at radius 1 is 0.952 bits per heavy atom. The fraction of sp³-hybridized carbons (Fsp3) is 0.154. The van der Waals surface area contributed by atoms with E-state index in [-0.39, 0.29) is 0 Å². The first-order valence-electron chi connectivity index (χ1n) is 6.14. The highest BCUT2D eigenvalue weighted by Gasteiger charge is 2.08. The maximum absolute atomic E-state index is 5.57. The second-order valence-corrected chi connectivity index (χ2v) is 5.80. The Morgan fingerprint density at radius 2 is 1.86 bits per heavy atom. The minimum absolute atomic E-state index is 0.559. The Bertz CT molecular complexity index is 619. The predicted octanol–water partition coefficient (Wildman–Crippen LogP) is 2.84. The second-order valence-electron chi connectivity index (χ2n) is 3.93. The van der Waals surface area contributed by atoms with Crippen LogP contribution in [0, 0.1) is 0 Å². The SMILES string of the molecule is c1cnc(SCc2nnc(SCc3cccnc3)o2)nc1. The van der Waals surface area contributed by atoms with Gasteiger partial charge >= 0.3 is 0 Å². The summed E-state index contributed by atoms with van der Waals surface area (Å²) in [5.74, 6) is 1.88. The molecular weight excluding hydrogens is 306 g/mol. The molecule has 0 aliphatic carbocycles.